The molecule has 9 heteroatoms. The normalized spacial score (nSPS) is 14.9. The lowest BCUT2D eigenvalue weighted by Gasteiger charge is -2.28. The molecular weight excluding hydrogens is 458 g/mol. The lowest BCUT2D eigenvalue weighted by molar-refractivity contribution is -0.118. The Hall–Kier alpha value is -2.55. The number of nitrogens with one attached hydrogen (secondary N) is 1. The maximum atomic E-state index is 12.7. The summed E-state index contributed by atoms with van der Waals surface area (Å²) in [6.07, 6.45) is 4.01. The molecule has 2 aromatic carbocycles. The number of aromatic nitrogens is 3. The zero-order valence-corrected chi connectivity index (χ0v) is 20.4. The topological polar surface area (TPSA) is 72.3 Å². The van der Waals surface area contributed by atoms with Gasteiger partial charge in [0.05, 0.1) is 24.6 Å². The SMILES string of the molecule is COc1ccc([C@H](CNC(=O)CSc2nncn2-c2ccc(C)c(Cl)c2)N2CCCC2)cc1. The molecule has 3 aromatic rings. The third-order valence-electron chi connectivity index (χ3n) is 5.86. The standard InChI is InChI=1S/C24H28ClN5O2S/c1-17-5-8-19(13-21(17)25)30-16-27-28-24(30)33-15-23(31)26-14-22(29-11-3-4-12-29)18-6-9-20(32-2)10-7-18/h5-10,13,16,22H,3-4,11-12,14-15H2,1-2H3,(H,26,31)/t22-/m0/s1. The molecule has 7 nitrogen and oxygen atoms in total. The molecule has 0 radical (unpaired) electrons. The molecule has 1 atom stereocenters. The molecule has 4 rings (SSSR count). The third-order valence-corrected chi connectivity index (χ3v) is 7.21. The summed E-state index contributed by atoms with van der Waals surface area (Å²) in [5.74, 6) is 1.06. The molecule has 0 unspecified atom stereocenters. The van der Waals surface area contributed by atoms with Gasteiger partial charge in [-0.15, -0.1) is 10.2 Å². The molecule has 0 spiro atoms. The van der Waals surface area contributed by atoms with Gasteiger partial charge in [-0.2, -0.15) is 0 Å². The van der Waals surface area contributed by atoms with E-state index in [-0.39, 0.29) is 17.7 Å². The number of carbonyl (C=O) groups excluding carboxylic acids is 1. The van der Waals surface area contributed by atoms with Gasteiger partial charge < -0.3 is 10.1 Å². The summed E-state index contributed by atoms with van der Waals surface area (Å²) in [5, 5.41) is 12.6. The summed E-state index contributed by atoms with van der Waals surface area (Å²) in [7, 11) is 1.67. The van der Waals surface area contributed by atoms with Gasteiger partial charge in [-0.25, -0.2) is 0 Å². The van der Waals surface area contributed by atoms with Gasteiger partial charge in [0.2, 0.25) is 5.91 Å². The number of nitrogens with zero attached hydrogens (tertiary/aromatic N) is 4. The van der Waals surface area contributed by atoms with E-state index in [1.54, 1.807) is 13.4 Å². The Kier molecular flexibility index (Phi) is 7.90. The Morgan fingerprint density at radius 3 is 2.67 bits per heavy atom. The second-order valence-corrected chi connectivity index (χ2v) is 9.39. The van der Waals surface area contributed by atoms with Crippen LogP contribution in [0.3, 0.4) is 0 Å². The average molecular weight is 486 g/mol. The second-order valence-electron chi connectivity index (χ2n) is 8.04. The number of rotatable bonds is 9. The van der Waals surface area contributed by atoms with E-state index in [9.17, 15) is 4.79 Å². The second kappa shape index (κ2) is 11.0. The molecule has 1 aliphatic heterocycles. The van der Waals surface area contributed by atoms with Crippen LogP contribution in [0.1, 0.15) is 30.0 Å². The first-order valence-corrected chi connectivity index (χ1v) is 12.4. The van der Waals surface area contributed by atoms with E-state index in [0.717, 1.165) is 30.1 Å². The Bertz CT molecular complexity index is 1080. The smallest absolute Gasteiger partial charge is 0.230 e. The zero-order chi connectivity index (χ0) is 23.2. The first-order chi connectivity index (χ1) is 16.0. The van der Waals surface area contributed by atoms with Crippen molar-refractivity contribution in [2.45, 2.75) is 31.0 Å². The van der Waals surface area contributed by atoms with Gasteiger partial charge in [-0.1, -0.05) is 41.6 Å². The van der Waals surface area contributed by atoms with Crippen molar-refractivity contribution < 1.29 is 9.53 Å². The predicted octanol–water partition coefficient (Wildman–Crippen LogP) is 4.28. The van der Waals surface area contributed by atoms with Crippen LogP contribution < -0.4 is 10.1 Å². The van der Waals surface area contributed by atoms with Gasteiger partial charge in [-0.3, -0.25) is 14.3 Å². The van der Waals surface area contributed by atoms with Crippen molar-refractivity contribution in [2.24, 2.45) is 0 Å². The fraction of sp³-hybridized carbons (Fsp3) is 0.375. The summed E-state index contributed by atoms with van der Waals surface area (Å²) in [4.78, 5) is 15.1. The number of ether oxygens (including phenoxy) is 1. The number of aryl methyl sites for hydroxylation is 1. The number of thioether (sulfide) groups is 1. The van der Waals surface area contributed by atoms with Crippen LogP contribution in [0, 0.1) is 6.92 Å². The molecule has 174 valence electrons. The number of methoxy groups -OCH3 is 1. The van der Waals surface area contributed by atoms with Crippen LogP contribution in [-0.2, 0) is 4.79 Å². The van der Waals surface area contributed by atoms with E-state index in [0.29, 0.717) is 16.7 Å². The van der Waals surface area contributed by atoms with Crippen molar-refractivity contribution in [3.8, 4) is 11.4 Å². The van der Waals surface area contributed by atoms with Crippen LogP contribution in [0.25, 0.3) is 5.69 Å². The number of carbonyl (C=O) groups is 1. The summed E-state index contributed by atoms with van der Waals surface area (Å²) in [5.41, 5.74) is 3.06. The summed E-state index contributed by atoms with van der Waals surface area (Å²) in [6, 6.07) is 14.0. The van der Waals surface area contributed by atoms with Crippen molar-refractivity contribution >= 4 is 29.3 Å². The molecule has 1 aromatic heterocycles. The van der Waals surface area contributed by atoms with Gasteiger partial charge in [0.25, 0.3) is 0 Å². The highest BCUT2D eigenvalue weighted by atomic mass is 35.5. The zero-order valence-electron chi connectivity index (χ0n) is 18.8. The summed E-state index contributed by atoms with van der Waals surface area (Å²) < 4.78 is 7.13. The molecule has 0 aliphatic carbocycles. The molecule has 1 fully saturated rings. The molecule has 1 amide bonds. The number of hydrogen-bond acceptors (Lipinski definition) is 6. The van der Waals surface area contributed by atoms with E-state index in [4.69, 9.17) is 16.3 Å². The van der Waals surface area contributed by atoms with Crippen LogP contribution in [0.5, 0.6) is 5.75 Å². The summed E-state index contributed by atoms with van der Waals surface area (Å²) in [6.45, 7) is 4.61. The number of benzene rings is 2. The first-order valence-electron chi connectivity index (χ1n) is 11.0. The number of amides is 1. The van der Waals surface area contributed by atoms with Gasteiger partial charge >= 0.3 is 0 Å². The quantitative estimate of drug-likeness (QED) is 0.456. The van der Waals surface area contributed by atoms with Crippen molar-refractivity contribution in [3.05, 3.63) is 64.9 Å². The third kappa shape index (κ3) is 5.88. The minimum absolute atomic E-state index is 0.0332. The Morgan fingerprint density at radius 1 is 1.21 bits per heavy atom. The highest BCUT2D eigenvalue weighted by Gasteiger charge is 2.24. The van der Waals surface area contributed by atoms with E-state index >= 15 is 0 Å². The monoisotopic (exact) mass is 485 g/mol. The number of hydrogen-bond donors (Lipinski definition) is 1. The van der Waals surface area contributed by atoms with E-state index in [2.05, 4.69) is 32.5 Å². The predicted molar refractivity (Wildman–Crippen MR) is 131 cm³/mol. The Balaban J connectivity index is 1.37. The van der Waals surface area contributed by atoms with Gasteiger partial charge in [0.15, 0.2) is 5.16 Å². The molecule has 0 saturated carbocycles. The van der Waals surface area contributed by atoms with Crippen LogP contribution in [0.4, 0.5) is 0 Å². The lowest BCUT2D eigenvalue weighted by atomic mass is 10.1. The Morgan fingerprint density at radius 2 is 1.97 bits per heavy atom. The molecule has 1 aliphatic rings. The lowest BCUT2D eigenvalue weighted by Crippen LogP contribution is -2.37. The van der Waals surface area contributed by atoms with Crippen molar-refractivity contribution in [1.29, 1.82) is 0 Å². The molecule has 2 heterocycles. The van der Waals surface area contributed by atoms with Crippen LogP contribution in [0.15, 0.2) is 53.9 Å². The molecular formula is C24H28ClN5O2S. The molecule has 1 N–H and O–H groups in total. The first kappa shape index (κ1) is 23.6. The van der Waals surface area contributed by atoms with Crippen LogP contribution in [-0.4, -0.2) is 58.1 Å². The van der Waals surface area contributed by atoms with Crippen molar-refractivity contribution in [3.63, 3.8) is 0 Å². The maximum Gasteiger partial charge on any atom is 0.230 e. The minimum atomic E-state index is -0.0332. The molecule has 33 heavy (non-hydrogen) atoms. The van der Waals surface area contributed by atoms with Crippen LogP contribution in [0.2, 0.25) is 5.02 Å². The molecule has 0 bridgehead atoms. The molecule has 1 saturated heterocycles. The fourth-order valence-electron chi connectivity index (χ4n) is 3.96. The average Bonchev–Trinajstić information content (AvgIpc) is 3.52. The van der Waals surface area contributed by atoms with Crippen LogP contribution >= 0.6 is 23.4 Å². The van der Waals surface area contributed by atoms with Crippen molar-refractivity contribution in [2.75, 3.05) is 32.5 Å². The largest absolute Gasteiger partial charge is 0.497 e. The van der Waals surface area contributed by atoms with E-state index in [1.807, 2.05) is 41.8 Å². The fourth-order valence-corrected chi connectivity index (χ4v) is 4.89. The highest BCUT2D eigenvalue weighted by molar-refractivity contribution is 7.99. The van der Waals surface area contributed by atoms with E-state index < -0.39 is 0 Å². The Labute approximate surface area is 203 Å². The number of likely N-dealkylation sites (tertiary alicyclic amines) is 1. The van der Waals surface area contributed by atoms with Gasteiger partial charge in [-0.05, 0) is 68.2 Å². The number of halogens is 1. The van der Waals surface area contributed by atoms with Crippen molar-refractivity contribution in [1.82, 2.24) is 25.0 Å². The van der Waals surface area contributed by atoms with Gasteiger partial charge in [0.1, 0.15) is 12.1 Å². The summed E-state index contributed by atoms with van der Waals surface area (Å²) >= 11 is 7.62. The van der Waals surface area contributed by atoms with E-state index in [1.165, 1.54) is 30.2 Å². The maximum absolute atomic E-state index is 12.7. The van der Waals surface area contributed by atoms with Gasteiger partial charge in [0, 0.05) is 11.6 Å². The highest BCUT2D eigenvalue weighted by Crippen LogP contribution is 2.27. The minimum Gasteiger partial charge on any atom is -0.497 e.